The molecule has 34 heavy (non-hydrogen) atoms. The van der Waals surface area contributed by atoms with Crippen LogP contribution in [0.3, 0.4) is 0 Å². The quantitative estimate of drug-likeness (QED) is 0.412. The molecule has 12 heteroatoms. The van der Waals surface area contributed by atoms with E-state index >= 15 is 0 Å². The summed E-state index contributed by atoms with van der Waals surface area (Å²) in [5.74, 6) is -2.31. The average Bonchev–Trinajstić information content (AvgIpc) is 3.24. The molecule has 4 rings (SSSR count). The summed E-state index contributed by atoms with van der Waals surface area (Å²) in [5.41, 5.74) is 1.29. The Bertz CT molecular complexity index is 1250. The van der Waals surface area contributed by atoms with E-state index in [1.165, 1.54) is 17.4 Å². The zero-order chi connectivity index (χ0) is 24.5. The Morgan fingerprint density at radius 1 is 1.03 bits per heavy atom. The number of rotatable bonds is 6. The Morgan fingerprint density at radius 3 is 2.32 bits per heavy atom. The van der Waals surface area contributed by atoms with Crippen molar-refractivity contribution in [3.05, 3.63) is 70.7 Å². The Labute approximate surface area is 196 Å². The van der Waals surface area contributed by atoms with Crippen LogP contribution in [-0.2, 0) is 16.3 Å². The van der Waals surface area contributed by atoms with Gasteiger partial charge in [-0.15, -0.1) is 24.5 Å². The maximum atomic E-state index is 13.4. The minimum Gasteiger partial charge on any atom is -0.406 e. The molecule has 0 saturated carbocycles. The number of sulfone groups is 1. The highest BCUT2D eigenvalue weighted by molar-refractivity contribution is 7.92. The van der Waals surface area contributed by atoms with E-state index in [4.69, 9.17) is 0 Å². The van der Waals surface area contributed by atoms with Gasteiger partial charge in [-0.2, -0.15) is 0 Å². The first kappa shape index (κ1) is 24.4. The smallest absolute Gasteiger partial charge is 0.406 e. The number of thiazole rings is 1. The molecule has 0 atom stereocenters. The number of hydrogen-bond acceptors (Lipinski definition) is 6. The van der Waals surface area contributed by atoms with Crippen LogP contribution >= 0.6 is 11.3 Å². The number of hydrogen-bond donors (Lipinski definition) is 0. The van der Waals surface area contributed by atoms with Crippen LogP contribution in [0.25, 0.3) is 0 Å². The van der Waals surface area contributed by atoms with E-state index in [1.54, 1.807) is 0 Å². The van der Waals surface area contributed by atoms with E-state index in [2.05, 4.69) is 9.72 Å². The van der Waals surface area contributed by atoms with E-state index < -0.39 is 38.8 Å². The summed E-state index contributed by atoms with van der Waals surface area (Å²) in [6.07, 6.45) is -3.84. The molecule has 2 aromatic carbocycles. The van der Waals surface area contributed by atoms with Crippen LogP contribution in [-0.4, -0.2) is 38.1 Å². The Balaban J connectivity index is 1.37. The summed E-state index contributed by atoms with van der Waals surface area (Å²) >= 11 is 1.39. The van der Waals surface area contributed by atoms with Gasteiger partial charge in [-0.25, -0.2) is 22.2 Å². The largest absolute Gasteiger partial charge is 0.573 e. The molecule has 2 heterocycles. The van der Waals surface area contributed by atoms with Crippen molar-refractivity contribution in [1.82, 2.24) is 4.98 Å². The molecule has 1 aliphatic heterocycles. The number of benzene rings is 2. The molecule has 0 amide bonds. The lowest BCUT2D eigenvalue weighted by Crippen LogP contribution is -2.39. The van der Waals surface area contributed by atoms with Crippen molar-refractivity contribution >= 4 is 26.3 Å². The summed E-state index contributed by atoms with van der Waals surface area (Å²) in [7, 11) is -3.72. The van der Waals surface area contributed by atoms with Crippen LogP contribution in [0.4, 0.5) is 27.1 Å². The summed E-state index contributed by atoms with van der Waals surface area (Å²) in [6, 6.07) is 7.91. The third kappa shape index (κ3) is 5.66. The highest BCUT2D eigenvalue weighted by atomic mass is 32.2. The minimum absolute atomic E-state index is 0.0523. The molecule has 3 aromatic rings. The topological polar surface area (TPSA) is 59.5 Å². The fourth-order valence-corrected chi connectivity index (χ4v) is 6.37. The highest BCUT2D eigenvalue weighted by Crippen LogP contribution is 2.31. The van der Waals surface area contributed by atoms with Gasteiger partial charge in [0, 0.05) is 24.9 Å². The number of aromatic nitrogens is 1. The number of piperidine rings is 1. The monoisotopic (exact) mass is 518 g/mol. The Hall–Kier alpha value is -2.73. The lowest BCUT2D eigenvalue weighted by Gasteiger charge is -2.31. The number of alkyl halides is 3. The van der Waals surface area contributed by atoms with E-state index in [0.29, 0.717) is 48.7 Å². The van der Waals surface area contributed by atoms with Gasteiger partial charge < -0.3 is 9.64 Å². The first-order valence-corrected chi connectivity index (χ1v) is 12.7. The van der Waals surface area contributed by atoms with Crippen LogP contribution in [0, 0.1) is 11.6 Å². The number of ether oxygens (including phenoxy) is 1. The standard InChI is InChI=1S/C22H19F5N2O3S2/c23-19-6-1-14(12-20(19)24)11-15-13-33-21(28-15)29-9-7-18(8-10-29)34(30,31)17-4-2-16(3-5-17)32-22(25,26)27/h1-6,12-13,18H,7-11H2. The van der Waals surface area contributed by atoms with E-state index in [9.17, 15) is 30.4 Å². The maximum absolute atomic E-state index is 13.4. The van der Waals surface area contributed by atoms with E-state index in [1.807, 2.05) is 10.3 Å². The molecule has 1 saturated heterocycles. The number of nitrogens with zero attached hydrogens (tertiary/aromatic N) is 2. The third-order valence-electron chi connectivity index (χ3n) is 5.45. The molecule has 0 bridgehead atoms. The van der Waals surface area contributed by atoms with Crippen molar-refractivity contribution in [2.24, 2.45) is 0 Å². The second-order valence-corrected chi connectivity index (χ2v) is 10.9. The second kappa shape index (κ2) is 9.49. The van der Waals surface area contributed by atoms with Gasteiger partial charge in [0.25, 0.3) is 0 Å². The normalized spacial score (nSPS) is 15.5. The number of halogens is 5. The predicted octanol–water partition coefficient (Wildman–Crippen LogP) is 5.35. The first-order valence-electron chi connectivity index (χ1n) is 10.2. The summed E-state index contributed by atoms with van der Waals surface area (Å²) < 4.78 is 93.1. The van der Waals surface area contributed by atoms with Gasteiger partial charge in [0.05, 0.1) is 15.8 Å². The van der Waals surface area contributed by atoms with Gasteiger partial charge in [-0.05, 0) is 54.8 Å². The molecule has 0 radical (unpaired) electrons. The molecule has 1 aromatic heterocycles. The molecule has 5 nitrogen and oxygen atoms in total. The molecule has 0 spiro atoms. The lowest BCUT2D eigenvalue weighted by molar-refractivity contribution is -0.274. The van der Waals surface area contributed by atoms with Crippen molar-refractivity contribution in [3.8, 4) is 5.75 Å². The van der Waals surface area contributed by atoms with Crippen LogP contribution in [0.1, 0.15) is 24.1 Å². The van der Waals surface area contributed by atoms with Gasteiger partial charge in [0.15, 0.2) is 26.6 Å². The van der Waals surface area contributed by atoms with Crippen LogP contribution in [0.5, 0.6) is 5.75 Å². The van der Waals surface area contributed by atoms with Gasteiger partial charge in [-0.1, -0.05) is 6.07 Å². The Morgan fingerprint density at radius 2 is 1.71 bits per heavy atom. The van der Waals surface area contributed by atoms with E-state index in [0.717, 1.165) is 36.4 Å². The average molecular weight is 519 g/mol. The maximum Gasteiger partial charge on any atom is 0.573 e. The predicted molar refractivity (Wildman–Crippen MR) is 117 cm³/mol. The van der Waals surface area contributed by atoms with Crippen molar-refractivity contribution in [2.45, 2.75) is 35.8 Å². The van der Waals surface area contributed by atoms with Crippen molar-refractivity contribution < 1.29 is 35.1 Å². The van der Waals surface area contributed by atoms with Gasteiger partial charge in [0.1, 0.15) is 5.75 Å². The second-order valence-electron chi connectivity index (χ2n) is 7.80. The SMILES string of the molecule is O=S(=O)(c1ccc(OC(F)(F)F)cc1)C1CCN(c2nc(Cc3ccc(F)c(F)c3)cs2)CC1. The van der Waals surface area contributed by atoms with Crippen molar-refractivity contribution in [1.29, 1.82) is 0 Å². The highest BCUT2D eigenvalue weighted by Gasteiger charge is 2.33. The summed E-state index contributed by atoms with van der Waals surface area (Å²) in [6.45, 7) is 0.884. The van der Waals surface area contributed by atoms with Crippen LogP contribution in [0.2, 0.25) is 0 Å². The molecule has 0 aliphatic carbocycles. The molecular weight excluding hydrogens is 499 g/mol. The zero-order valence-corrected chi connectivity index (χ0v) is 19.2. The van der Waals surface area contributed by atoms with E-state index in [-0.39, 0.29) is 4.90 Å². The molecule has 1 fully saturated rings. The summed E-state index contributed by atoms with van der Waals surface area (Å²) in [4.78, 5) is 6.45. The van der Waals surface area contributed by atoms with Crippen molar-refractivity contribution in [3.63, 3.8) is 0 Å². The van der Waals surface area contributed by atoms with Crippen LogP contribution < -0.4 is 9.64 Å². The van der Waals surface area contributed by atoms with Crippen LogP contribution in [0.15, 0.2) is 52.7 Å². The summed E-state index contributed by atoms with van der Waals surface area (Å²) in [5, 5.41) is 1.87. The fraction of sp³-hybridized carbons (Fsp3) is 0.318. The van der Waals surface area contributed by atoms with Gasteiger partial charge in [0.2, 0.25) is 0 Å². The lowest BCUT2D eigenvalue weighted by atomic mass is 10.1. The minimum atomic E-state index is -4.85. The van der Waals surface area contributed by atoms with Gasteiger partial charge >= 0.3 is 6.36 Å². The molecule has 182 valence electrons. The molecular formula is C22H19F5N2O3S2. The van der Waals surface area contributed by atoms with Gasteiger partial charge in [-0.3, -0.25) is 0 Å². The van der Waals surface area contributed by atoms with Crippen molar-refractivity contribution in [2.75, 3.05) is 18.0 Å². The number of anilines is 1. The first-order chi connectivity index (χ1) is 16.0. The zero-order valence-electron chi connectivity index (χ0n) is 17.6. The molecule has 1 aliphatic rings. The third-order valence-corrected chi connectivity index (χ3v) is 8.67. The molecule has 0 unspecified atom stereocenters. The Kier molecular flexibility index (Phi) is 6.81. The molecule has 0 N–H and O–H groups in total. The fourth-order valence-electron chi connectivity index (χ4n) is 3.76.